The zero-order valence-corrected chi connectivity index (χ0v) is 20.3. The summed E-state index contributed by atoms with van der Waals surface area (Å²) in [7, 11) is 3.63. The van der Waals surface area contributed by atoms with Gasteiger partial charge in [-0.25, -0.2) is 0 Å². The van der Waals surface area contributed by atoms with E-state index in [-0.39, 0.29) is 29.5 Å². The molecule has 0 amide bonds. The van der Waals surface area contributed by atoms with Crippen LogP contribution >= 0.6 is 0 Å². The minimum Gasteiger partial charge on any atom is -0.501 e. The largest absolute Gasteiger partial charge is 0.501 e. The number of allylic oxidation sites excluding steroid dienone is 3. The van der Waals surface area contributed by atoms with Crippen LogP contribution in [0.2, 0.25) is 0 Å². The molecule has 0 saturated heterocycles. The van der Waals surface area contributed by atoms with E-state index >= 15 is 0 Å². The number of aliphatic hydroxyl groups excluding tert-OH is 1. The van der Waals surface area contributed by atoms with Gasteiger partial charge in [-0.15, -0.1) is 0 Å². The van der Waals surface area contributed by atoms with Crippen molar-refractivity contribution < 1.29 is 14.6 Å². The maximum atomic E-state index is 9.99. The summed E-state index contributed by atoms with van der Waals surface area (Å²) in [5.41, 5.74) is 2.89. The van der Waals surface area contributed by atoms with E-state index in [2.05, 4.69) is 52.8 Å². The lowest BCUT2D eigenvalue weighted by atomic mass is 9.44. The van der Waals surface area contributed by atoms with Crippen molar-refractivity contribution in [2.24, 2.45) is 34.5 Å². The molecule has 1 saturated carbocycles. The van der Waals surface area contributed by atoms with Crippen molar-refractivity contribution in [2.75, 3.05) is 20.8 Å². The monoisotopic (exact) mass is 416 g/mol. The van der Waals surface area contributed by atoms with Crippen LogP contribution in [0.5, 0.6) is 0 Å². The molecule has 1 fully saturated rings. The molecular weight excluding hydrogens is 372 g/mol. The fourth-order valence-corrected chi connectivity index (χ4v) is 6.36. The van der Waals surface area contributed by atoms with E-state index < -0.39 is 0 Å². The minimum atomic E-state index is 0.00371. The van der Waals surface area contributed by atoms with Gasteiger partial charge in [-0.05, 0) is 58.6 Å². The highest BCUT2D eigenvalue weighted by molar-refractivity contribution is 5.37. The third-order valence-electron chi connectivity index (χ3n) is 8.53. The standard InChI is InChI=1S/C27H44O3/c1-8-9-10-11-12-26(2,3)19-14-23(29-6)25(24(15-19)30-7)20-13-18(17-28)21-16-22(20)27(21,4)5/h13-15,20-23,25,28H,8-12,16-17H2,1-7H3/t20?,21-,22+,23?,25?/m1/s1. The number of fused-ring (bicyclic) bond motifs is 1. The molecule has 3 heteroatoms. The zero-order valence-electron chi connectivity index (χ0n) is 20.3. The maximum absolute atomic E-state index is 9.99. The Morgan fingerprint density at radius 3 is 2.43 bits per heavy atom. The molecule has 0 heterocycles. The lowest BCUT2D eigenvalue weighted by molar-refractivity contribution is -0.0779. The Bertz CT molecular complexity index is 697. The third kappa shape index (κ3) is 4.17. The summed E-state index contributed by atoms with van der Waals surface area (Å²) in [6.07, 6.45) is 14.5. The molecule has 0 aromatic rings. The molecule has 170 valence electrons. The second-order valence-electron chi connectivity index (χ2n) is 11.0. The molecule has 4 aliphatic carbocycles. The van der Waals surface area contributed by atoms with Crippen molar-refractivity contribution in [3.05, 3.63) is 35.1 Å². The summed E-state index contributed by atoms with van der Waals surface area (Å²) in [6, 6.07) is 0. The molecule has 30 heavy (non-hydrogen) atoms. The second kappa shape index (κ2) is 9.20. The highest BCUT2D eigenvalue weighted by Crippen LogP contribution is 2.63. The van der Waals surface area contributed by atoms with E-state index in [1.54, 1.807) is 7.11 Å². The molecule has 4 aliphatic rings. The van der Waals surface area contributed by atoms with Crippen LogP contribution in [0.15, 0.2) is 35.1 Å². The Hall–Kier alpha value is -1.06. The van der Waals surface area contributed by atoms with Gasteiger partial charge in [-0.1, -0.05) is 72.5 Å². The van der Waals surface area contributed by atoms with Gasteiger partial charge in [-0.3, -0.25) is 0 Å². The average molecular weight is 417 g/mol. The first-order valence-corrected chi connectivity index (χ1v) is 12.0. The lowest BCUT2D eigenvalue weighted by Gasteiger charge is -2.61. The van der Waals surface area contributed by atoms with Crippen LogP contribution < -0.4 is 0 Å². The first-order valence-electron chi connectivity index (χ1n) is 12.0. The molecule has 1 N–H and O–H groups in total. The van der Waals surface area contributed by atoms with Crippen molar-refractivity contribution in [1.82, 2.24) is 0 Å². The predicted octanol–water partition coefficient (Wildman–Crippen LogP) is 6.30. The van der Waals surface area contributed by atoms with Gasteiger partial charge in [0.25, 0.3) is 0 Å². The first kappa shape index (κ1) is 23.6. The Balaban J connectivity index is 1.87. The van der Waals surface area contributed by atoms with Crippen LogP contribution in [0.25, 0.3) is 0 Å². The van der Waals surface area contributed by atoms with Gasteiger partial charge in [0.1, 0.15) is 5.76 Å². The van der Waals surface area contributed by atoms with Gasteiger partial charge >= 0.3 is 0 Å². The molecule has 0 aromatic carbocycles. The summed E-state index contributed by atoms with van der Waals surface area (Å²) in [5.74, 6) is 2.69. The molecular formula is C27H44O3. The fourth-order valence-electron chi connectivity index (χ4n) is 6.36. The van der Waals surface area contributed by atoms with E-state index in [0.29, 0.717) is 17.8 Å². The second-order valence-corrected chi connectivity index (χ2v) is 11.0. The molecule has 3 unspecified atom stereocenters. The summed E-state index contributed by atoms with van der Waals surface area (Å²) < 4.78 is 12.1. The van der Waals surface area contributed by atoms with Crippen LogP contribution in [0.4, 0.5) is 0 Å². The number of ether oxygens (including phenoxy) is 2. The Labute approximate surface area is 184 Å². The summed E-state index contributed by atoms with van der Waals surface area (Å²) in [6.45, 7) is 11.9. The van der Waals surface area contributed by atoms with E-state index in [9.17, 15) is 5.11 Å². The van der Waals surface area contributed by atoms with Crippen molar-refractivity contribution in [2.45, 2.75) is 79.2 Å². The third-order valence-corrected chi connectivity index (χ3v) is 8.53. The van der Waals surface area contributed by atoms with Gasteiger partial charge in [0, 0.05) is 7.11 Å². The highest BCUT2D eigenvalue weighted by atomic mass is 16.5. The van der Waals surface area contributed by atoms with E-state index in [0.717, 1.165) is 5.76 Å². The minimum absolute atomic E-state index is 0.00371. The van der Waals surface area contributed by atoms with Crippen molar-refractivity contribution in [3.8, 4) is 0 Å². The lowest BCUT2D eigenvalue weighted by Crippen LogP contribution is -2.55. The number of hydrogen-bond acceptors (Lipinski definition) is 3. The summed E-state index contributed by atoms with van der Waals surface area (Å²) in [4.78, 5) is 0. The normalized spacial score (nSPS) is 32.7. The molecule has 2 bridgehead atoms. The number of unbranched alkanes of at least 4 members (excludes halogenated alkanes) is 3. The van der Waals surface area contributed by atoms with Gasteiger partial charge < -0.3 is 14.6 Å². The molecule has 0 aliphatic heterocycles. The van der Waals surface area contributed by atoms with Crippen molar-refractivity contribution >= 4 is 0 Å². The van der Waals surface area contributed by atoms with Gasteiger partial charge in [-0.2, -0.15) is 0 Å². The number of rotatable bonds is 10. The van der Waals surface area contributed by atoms with Crippen molar-refractivity contribution in [3.63, 3.8) is 0 Å². The number of aliphatic hydroxyl groups is 1. The van der Waals surface area contributed by atoms with Crippen LogP contribution in [-0.4, -0.2) is 32.0 Å². The highest BCUT2D eigenvalue weighted by Gasteiger charge is 2.58. The van der Waals surface area contributed by atoms with Crippen LogP contribution in [0.1, 0.15) is 73.1 Å². The van der Waals surface area contributed by atoms with Gasteiger partial charge in [0.05, 0.1) is 25.7 Å². The molecule has 0 aromatic heterocycles. The van der Waals surface area contributed by atoms with Crippen LogP contribution in [-0.2, 0) is 9.47 Å². The Morgan fingerprint density at radius 1 is 1.13 bits per heavy atom. The molecule has 4 rings (SSSR count). The zero-order chi connectivity index (χ0) is 22.1. The van der Waals surface area contributed by atoms with E-state index in [4.69, 9.17) is 9.47 Å². The van der Waals surface area contributed by atoms with Crippen molar-refractivity contribution in [1.29, 1.82) is 0 Å². The summed E-state index contributed by atoms with van der Waals surface area (Å²) >= 11 is 0. The smallest absolute Gasteiger partial charge is 0.102 e. The first-order chi connectivity index (χ1) is 14.2. The number of methoxy groups -OCH3 is 2. The van der Waals surface area contributed by atoms with E-state index in [1.807, 2.05) is 7.11 Å². The van der Waals surface area contributed by atoms with Crippen LogP contribution in [0, 0.1) is 34.5 Å². The maximum Gasteiger partial charge on any atom is 0.102 e. The average Bonchev–Trinajstić information content (AvgIpc) is 2.74. The van der Waals surface area contributed by atoms with E-state index in [1.165, 1.54) is 49.7 Å². The molecule has 0 spiro atoms. The van der Waals surface area contributed by atoms with Gasteiger partial charge in [0.15, 0.2) is 0 Å². The quantitative estimate of drug-likeness (QED) is 0.336. The topological polar surface area (TPSA) is 38.7 Å². The Kier molecular flexibility index (Phi) is 7.24. The van der Waals surface area contributed by atoms with Crippen LogP contribution in [0.3, 0.4) is 0 Å². The predicted molar refractivity (Wildman–Crippen MR) is 124 cm³/mol. The molecule has 0 radical (unpaired) electrons. The SMILES string of the molecule is CCCCCCC(C)(C)C1=CC(OC)C(C2C=C(CO)[C@H]3C[C@@H]2C3(C)C)C(OC)=C1. The fraction of sp³-hybridized carbons (Fsp3) is 0.778. The summed E-state index contributed by atoms with van der Waals surface area (Å²) in [5, 5.41) is 9.99. The Morgan fingerprint density at radius 2 is 1.87 bits per heavy atom. The number of hydrogen-bond donors (Lipinski definition) is 1. The molecule has 3 nitrogen and oxygen atoms in total. The molecule has 5 atom stereocenters. The van der Waals surface area contributed by atoms with Gasteiger partial charge in [0.2, 0.25) is 0 Å².